The highest BCUT2D eigenvalue weighted by molar-refractivity contribution is 7.18. The Bertz CT molecular complexity index is 1050. The maximum absolute atomic E-state index is 10.6. The number of fused-ring (bicyclic) bond motifs is 2. The van der Waals surface area contributed by atoms with Gasteiger partial charge in [-0.25, -0.2) is 4.98 Å². The number of aromatic hydroxyl groups is 1. The van der Waals surface area contributed by atoms with E-state index in [-0.39, 0.29) is 23.4 Å². The molecule has 2 fully saturated rings. The number of aliphatic hydroxyl groups is 1. The van der Waals surface area contributed by atoms with E-state index in [1.165, 1.54) is 11.3 Å². The first-order valence-electron chi connectivity index (χ1n) is 10.1. The van der Waals surface area contributed by atoms with Gasteiger partial charge >= 0.3 is 0 Å². The van der Waals surface area contributed by atoms with E-state index < -0.39 is 0 Å². The fourth-order valence-corrected chi connectivity index (χ4v) is 5.90. The molecule has 4 heterocycles. The Morgan fingerprint density at radius 1 is 1.27 bits per heavy atom. The van der Waals surface area contributed by atoms with Crippen LogP contribution < -0.4 is 4.90 Å². The minimum absolute atomic E-state index is 0.0101. The van der Waals surface area contributed by atoms with Crippen LogP contribution in [0, 0.1) is 0 Å². The molecule has 0 radical (unpaired) electrons. The number of imidazole rings is 1. The van der Waals surface area contributed by atoms with Gasteiger partial charge in [0.25, 0.3) is 0 Å². The second-order valence-electron chi connectivity index (χ2n) is 8.71. The van der Waals surface area contributed by atoms with Crippen LogP contribution in [0.15, 0.2) is 36.9 Å². The summed E-state index contributed by atoms with van der Waals surface area (Å²) < 4.78 is 1.84. The monoisotopic (exact) mass is 426 g/mol. The number of hydrogen-bond acceptors (Lipinski definition) is 8. The highest BCUT2D eigenvalue weighted by atomic mass is 32.1. The van der Waals surface area contributed by atoms with Crippen molar-refractivity contribution in [2.45, 2.75) is 49.9 Å². The van der Waals surface area contributed by atoms with Crippen LogP contribution in [0.4, 0.5) is 5.13 Å². The van der Waals surface area contributed by atoms with Crippen LogP contribution in [-0.4, -0.2) is 72.7 Å². The lowest BCUT2D eigenvalue weighted by atomic mass is 9.87. The summed E-state index contributed by atoms with van der Waals surface area (Å²) in [7, 11) is 4.17. The summed E-state index contributed by atoms with van der Waals surface area (Å²) in [4.78, 5) is 8.57. The first-order valence-corrected chi connectivity index (χ1v) is 11.0. The molecule has 0 amide bonds. The number of anilines is 1. The van der Waals surface area contributed by atoms with Crippen molar-refractivity contribution >= 4 is 16.5 Å². The maximum Gasteiger partial charge on any atom is 0.208 e. The van der Waals surface area contributed by atoms with Gasteiger partial charge in [-0.05, 0) is 45.4 Å². The van der Waals surface area contributed by atoms with Crippen molar-refractivity contribution in [2.24, 2.45) is 0 Å². The Morgan fingerprint density at radius 3 is 2.80 bits per heavy atom. The Labute approximate surface area is 179 Å². The lowest BCUT2D eigenvalue weighted by Gasteiger charge is -2.46. The van der Waals surface area contributed by atoms with Crippen molar-refractivity contribution < 1.29 is 10.2 Å². The average molecular weight is 427 g/mol. The van der Waals surface area contributed by atoms with E-state index >= 15 is 0 Å². The maximum atomic E-state index is 10.6. The van der Waals surface area contributed by atoms with Gasteiger partial charge in [0.05, 0.1) is 23.7 Å². The van der Waals surface area contributed by atoms with Crippen LogP contribution >= 0.6 is 11.3 Å². The number of phenolic OH excluding ortho intramolecular Hbond substituents is 1. The number of nitrogens with zero attached hydrogens (tertiary/aromatic N) is 6. The Balaban J connectivity index is 1.37. The van der Waals surface area contributed by atoms with Crippen molar-refractivity contribution in [2.75, 3.05) is 19.0 Å². The van der Waals surface area contributed by atoms with Gasteiger partial charge in [-0.1, -0.05) is 11.3 Å². The molecule has 4 atom stereocenters. The zero-order valence-corrected chi connectivity index (χ0v) is 18.1. The summed E-state index contributed by atoms with van der Waals surface area (Å²) in [6.07, 6.45) is 7.66. The van der Waals surface area contributed by atoms with Gasteiger partial charge < -0.3 is 19.7 Å². The summed E-state index contributed by atoms with van der Waals surface area (Å²) in [5, 5.41) is 31.3. The van der Waals surface area contributed by atoms with Crippen molar-refractivity contribution in [3.63, 3.8) is 0 Å². The van der Waals surface area contributed by atoms with E-state index in [1.54, 1.807) is 18.6 Å². The summed E-state index contributed by atoms with van der Waals surface area (Å²) in [6, 6.07) is 5.98. The van der Waals surface area contributed by atoms with Crippen LogP contribution in [0.3, 0.4) is 0 Å². The van der Waals surface area contributed by atoms with E-state index in [0.29, 0.717) is 16.6 Å². The number of piperidine rings is 1. The first-order chi connectivity index (χ1) is 14.4. The van der Waals surface area contributed by atoms with Gasteiger partial charge in [0.15, 0.2) is 5.01 Å². The Morgan fingerprint density at radius 2 is 2.10 bits per heavy atom. The number of benzene rings is 1. The molecule has 2 bridgehead atoms. The van der Waals surface area contributed by atoms with Gasteiger partial charge in [0.2, 0.25) is 5.13 Å². The average Bonchev–Trinajstić information content (AvgIpc) is 3.43. The molecule has 3 aromatic rings. The van der Waals surface area contributed by atoms with Crippen molar-refractivity contribution in [1.82, 2.24) is 24.6 Å². The summed E-state index contributed by atoms with van der Waals surface area (Å²) in [5.74, 6) is 0.166. The molecule has 2 saturated heterocycles. The number of likely N-dealkylation sites (N-methyl/N-ethyl adjacent to an activating group) is 1. The third kappa shape index (κ3) is 3.08. The third-order valence-electron chi connectivity index (χ3n) is 6.91. The predicted molar refractivity (Wildman–Crippen MR) is 116 cm³/mol. The van der Waals surface area contributed by atoms with Crippen molar-refractivity contribution in [3.05, 3.63) is 36.9 Å². The Kier molecular flexibility index (Phi) is 4.57. The molecule has 1 unspecified atom stereocenters. The molecule has 2 aromatic heterocycles. The van der Waals surface area contributed by atoms with Crippen molar-refractivity contribution in [1.29, 1.82) is 0 Å². The van der Waals surface area contributed by atoms with Gasteiger partial charge in [-0.15, -0.1) is 10.2 Å². The molecule has 30 heavy (non-hydrogen) atoms. The fourth-order valence-electron chi connectivity index (χ4n) is 4.99. The van der Waals surface area contributed by atoms with Crippen LogP contribution in [0.1, 0.15) is 26.2 Å². The lowest BCUT2D eigenvalue weighted by Crippen LogP contribution is -2.54. The third-order valence-corrected chi connectivity index (χ3v) is 7.96. The second kappa shape index (κ2) is 7.04. The summed E-state index contributed by atoms with van der Waals surface area (Å²) >= 11 is 1.48. The van der Waals surface area contributed by atoms with Crippen molar-refractivity contribution in [3.8, 4) is 22.0 Å². The van der Waals surface area contributed by atoms with Gasteiger partial charge in [-0.2, -0.15) is 0 Å². The van der Waals surface area contributed by atoms with Crippen LogP contribution in [0.2, 0.25) is 0 Å². The topological polar surface area (TPSA) is 90.5 Å². The fraction of sp³-hybridized carbons (Fsp3) is 0.476. The summed E-state index contributed by atoms with van der Waals surface area (Å²) in [6.45, 7) is 2.24. The summed E-state index contributed by atoms with van der Waals surface area (Å²) in [5.41, 5.74) is 1.52. The normalized spacial score (nSPS) is 28.7. The smallest absolute Gasteiger partial charge is 0.208 e. The SMILES string of the molecule is CN(c1nnc(-c2ccc(-n3ccnc3)cc2O)s1)[C@@H]1CC2[C@H](O)C[C@@](C)(C1)N2C. The van der Waals surface area contributed by atoms with E-state index in [0.717, 1.165) is 30.1 Å². The molecule has 1 aromatic carbocycles. The first kappa shape index (κ1) is 19.5. The van der Waals surface area contributed by atoms with Gasteiger partial charge in [0.1, 0.15) is 5.75 Å². The molecular formula is C21H26N6O2S. The van der Waals surface area contributed by atoms with E-state index in [4.69, 9.17) is 0 Å². The number of aliphatic hydroxyl groups excluding tert-OH is 1. The van der Waals surface area contributed by atoms with Crippen LogP contribution in [0.25, 0.3) is 16.3 Å². The molecular weight excluding hydrogens is 400 g/mol. The number of phenols is 1. The molecule has 0 spiro atoms. The zero-order chi connectivity index (χ0) is 21.0. The standard InChI is InChI=1S/C21H26N6O2S/c1-21-10-14(8-16(26(21)3)18(29)11-21)25(2)20-24-23-19(30-20)15-5-4-13(9-17(15)28)27-7-6-22-12-27/h4-7,9,12,14,16,18,28-29H,8,10-11H2,1-3H3/t14-,16?,18-,21-/m1/s1. The molecule has 2 aliphatic rings. The van der Waals surface area contributed by atoms with E-state index in [9.17, 15) is 10.2 Å². The number of aromatic nitrogens is 4. The van der Waals surface area contributed by atoms with Gasteiger partial charge in [-0.3, -0.25) is 4.90 Å². The van der Waals surface area contributed by atoms with Crippen LogP contribution in [-0.2, 0) is 0 Å². The minimum atomic E-state index is -0.269. The molecule has 2 N–H and O–H groups in total. The lowest BCUT2D eigenvalue weighted by molar-refractivity contribution is 0.0624. The molecule has 9 heteroatoms. The molecule has 158 valence electrons. The predicted octanol–water partition coefficient (Wildman–Crippen LogP) is 2.52. The van der Waals surface area contributed by atoms with E-state index in [2.05, 4.69) is 46.0 Å². The largest absolute Gasteiger partial charge is 0.507 e. The molecule has 8 nitrogen and oxygen atoms in total. The number of hydrogen-bond donors (Lipinski definition) is 2. The highest BCUT2D eigenvalue weighted by Gasteiger charge is 2.52. The molecule has 5 rings (SSSR count). The van der Waals surface area contributed by atoms with E-state index in [1.807, 2.05) is 22.9 Å². The number of rotatable bonds is 4. The zero-order valence-electron chi connectivity index (χ0n) is 17.3. The minimum Gasteiger partial charge on any atom is -0.507 e. The quantitative estimate of drug-likeness (QED) is 0.662. The molecule has 0 saturated carbocycles. The highest BCUT2D eigenvalue weighted by Crippen LogP contribution is 2.45. The Hall–Kier alpha value is -2.49. The van der Waals surface area contributed by atoms with Gasteiger partial charge in [0, 0.05) is 43.1 Å². The molecule has 2 aliphatic heterocycles. The van der Waals surface area contributed by atoms with Crippen LogP contribution in [0.5, 0.6) is 5.75 Å². The molecule has 0 aliphatic carbocycles. The second-order valence-corrected chi connectivity index (χ2v) is 9.67.